The molecular weight excluding hydrogens is 158 g/mol. The highest BCUT2D eigenvalue weighted by Crippen LogP contribution is 2.22. The molecule has 0 amide bonds. The first-order chi connectivity index (χ1) is 5.36. The molecule has 0 radical (unpaired) electrons. The molecule has 0 saturated carbocycles. The number of hydrogen-bond donors (Lipinski definition) is 0. The average molecular weight is 165 g/mol. The lowest BCUT2D eigenvalue weighted by Gasteiger charge is -1.92. The minimum absolute atomic E-state index is 0.622. The second kappa shape index (κ2) is 2.58. The van der Waals surface area contributed by atoms with Crippen LogP contribution in [0.5, 0.6) is 0 Å². The molecule has 0 fully saturated rings. The standard InChI is InChI=1S/C8H7NOS/c10-11-5-7-3-1-2-4-9-8(7)6-11/h1-4,6H,5H2. The Labute approximate surface area is 67.5 Å². The predicted molar refractivity (Wildman–Crippen MR) is 46.8 cm³/mol. The smallest absolute Gasteiger partial charge is 0.0759 e. The van der Waals surface area contributed by atoms with E-state index in [9.17, 15) is 4.21 Å². The fraction of sp³-hybridized carbons (Fsp3) is 0.125. The maximum atomic E-state index is 11.0. The highest BCUT2D eigenvalue weighted by Gasteiger charge is 2.15. The van der Waals surface area contributed by atoms with Crippen molar-refractivity contribution in [1.82, 2.24) is 0 Å². The Morgan fingerprint density at radius 3 is 3.27 bits per heavy atom. The van der Waals surface area contributed by atoms with Gasteiger partial charge in [0, 0.05) is 11.6 Å². The van der Waals surface area contributed by atoms with Crippen LogP contribution in [0.4, 0.5) is 0 Å². The zero-order valence-corrected chi connectivity index (χ0v) is 6.67. The first-order valence-electron chi connectivity index (χ1n) is 3.35. The van der Waals surface area contributed by atoms with Crippen molar-refractivity contribution in [3.63, 3.8) is 0 Å². The molecule has 56 valence electrons. The molecule has 0 saturated heterocycles. The molecule has 0 aromatic rings. The van der Waals surface area contributed by atoms with Crippen LogP contribution in [0.3, 0.4) is 0 Å². The highest BCUT2D eigenvalue weighted by molar-refractivity contribution is 7.88. The lowest BCUT2D eigenvalue weighted by atomic mass is 10.2. The number of fused-ring (bicyclic) bond motifs is 1. The SMILES string of the molecule is O=S1C=C2N=CC=CC=C2C1. The van der Waals surface area contributed by atoms with E-state index < -0.39 is 10.8 Å². The van der Waals surface area contributed by atoms with E-state index in [0.29, 0.717) is 5.75 Å². The van der Waals surface area contributed by atoms with Crippen LogP contribution < -0.4 is 0 Å². The van der Waals surface area contributed by atoms with Gasteiger partial charge in [-0.05, 0) is 11.6 Å². The number of rotatable bonds is 0. The molecular formula is C8H7NOS. The van der Waals surface area contributed by atoms with Gasteiger partial charge in [0.1, 0.15) is 0 Å². The van der Waals surface area contributed by atoms with E-state index in [2.05, 4.69) is 4.99 Å². The van der Waals surface area contributed by atoms with Gasteiger partial charge in [-0.3, -0.25) is 9.20 Å². The molecule has 0 N–H and O–H groups in total. The van der Waals surface area contributed by atoms with Crippen LogP contribution >= 0.6 is 0 Å². The summed E-state index contributed by atoms with van der Waals surface area (Å²) in [6, 6.07) is 0. The number of allylic oxidation sites excluding steroid dienone is 4. The Morgan fingerprint density at radius 1 is 1.45 bits per heavy atom. The summed E-state index contributed by atoms with van der Waals surface area (Å²) in [6.07, 6.45) is 7.47. The monoisotopic (exact) mass is 165 g/mol. The van der Waals surface area contributed by atoms with Crippen LogP contribution in [-0.4, -0.2) is 16.2 Å². The van der Waals surface area contributed by atoms with E-state index >= 15 is 0 Å². The molecule has 2 nitrogen and oxygen atoms in total. The van der Waals surface area contributed by atoms with Gasteiger partial charge in [-0.2, -0.15) is 0 Å². The van der Waals surface area contributed by atoms with Gasteiger partial charge >= 0.3 is 0 Å². The van der Waals surface area contributed by atoms with Crippen molar-refractivity contribution in [2.75, 3.05) is 5.75 Å². The highest BCUT2D eigenvalue weighted by atomic mass is 32.2. The third-order valence-corrected chi connectivity index (χ3v) is 2.66. The molecule has 0 aromatic heterocycles. The third-order valence-electron chi connectivity index (χ3n) is 1.58. The second-order valence-electron chi connectivity index (χ2n) is 2.38. The molecule has 1 unspecified atom stereocenters. The molecule has 2 aliphatic heterocycles. The molecule has 0 aromatic carbocycles. The van der Waals surface area contributed by atoms with Gasteiger partial charge in [-0.1, -0.05) is 12.2 Å². The van der Waals surface area contributed by atoms with Gasteiger partial charge in [-0.15, -0.1) is 0 Å². The molecule has 0 spiro atoms. The maximum Gasteiger partial charge on any atom is 0.0759 e. The fourth-order valence-corrected chi connectivity index (χ4v) is 2.16. The van der Waals surface area contributed by atoms with Gasteiger partial charge in [0.2, 0.25) is 0 Å². The van der Waals surface area contributed by atoms with Crippen molar-refractivity contribution in [2.24, 2.45) is 4.99 Å². The molecule has 0 aliphatic carbocycles. The predicted octanol–water partition coefficient (Wildman–Crippen LogP) is 1.16. The molecule has 2 heterocycles. The average Bonchev–Trinajstić information content (AvgIpc) is 2.17. The summed E-state index contributed by atoms with van der Waals surface area (Å²) in [5, 5.41) is 1.70. The summed E-state index contributed by atoms with van der Waals surface area (Å²) in [5.41, 5.74) is 1.95. The number of aliphatic imine (C=N–C) groups is 1. The first-order valence-corrected chi connectivity index (χ1v) is 4.74. The van der Waals surface area contributed by atoms with E-state index in [0.717, 1.165) is 11.3 Å². The first kappa shape index (κ1) is 6.73. The van der Waals surface area contributed by atoms with Crippen LogP contribution in [-0.2, 0) is 10.8 Å². The summed E-state index contributed by atoms with van der Waals surface area (Å²) in [6.45, 7) is 0. The van der Waals surface area contributed by atoms with Crippen molar-refractivity contribution in [3.8, 4) is 0 Å². The summed E-state index contributed by atoms with van der Waals surface area (Å²) in [5.74, 6) is 0.622. The van der Waals surface area contributed by atoms with Crippen LogP contribution in [0, 0.1) is 0 Å². The number of hydrogen-bond acceptors (Lipinski definition) is 2. The fourth-order valence-electron chi connectivity index (χ4n) is 1.06. The summed E-state index contributed by atoms with van der Waals surface area (Å²) in [4.78, 5) is 4.12. The summed E-state index contributed by atoms with van der Waals surface area (Å²) in [7, 11) is -0.828. The summed E-state index contributed by atoms with van der Waals surface area (Å²) >= 11 is 0. The van der Waals surface area contributed by atoms with Gasteiger partial charge in [0.05, 0.1) is 22.2 Å². The quantitative estimate of drug-likeness (QED) is 0.529. The number of nitrogens with zero attached hydrogens (tertiary/aromatic N) is 1. The van der Waals surface area contributed by atoms with Gasteiger partial charge < -0.3 is 0 Å². The van der Waals surface area contributed by atoms with E-state index in [-0.39, 0.29) is 0 Å². The Morgan fingerprint density at radius 2 is 2.36 bits per heavy atom. The van der Waals surface area contributed by atoms with Crippen molar-refractivity contribution < 1.29 is 4.21 Å². The normalized spacial score (nSPS) is 27.5. The van der Waals surface area contributed by atoms with E-state index in [1.54, 1.807) is 11.6 Å². The lowest BCUT2D eigenvalue weighted by molar-refractivity contribution is 0.690. The van der Waals surface area contributed by atoms with Gasteiger partial charge in [0.25, 0.3) is 0 Å². The Bertz CT molecular complexity index is 323. The lowest BCUT2D eigenvalue weighted by Crippen LogP contribution is -1.87. The van der Waals surface area contributed by atoms with Crippen LogP contribution in [0.1, 0.15) is 0 Å². The zero-order chi connectivity index (χ0) is 7.68. The van der Waals surface area contributed by atoms with Gasteiger partial charge in [0.15, 0.2) is 0 Å². The van der Waals surface area contributed by atoms with Crippen LogP contribution in [0.2, 0.25) is 0 Å². The molecule has 2 rings (SSSR count). The molecule has 2 aliphatic rings. The van der Waals surface area contributed by atoms with Crippen molar-refractivity contribution in [3.05, 3.63) is 34.9 Å². The molecule has 1 atom stereocenters. The van der Waals surface area contributed by atoms with Crippen molar-refractivity contribution in [2.45, 2.75) is 0 Å². The third kappa shape index (κ3) is 1.24. The maximum absolute atomic E-state index is 11.0. The minimum Gasteiger partial charge on any atom is -0.256 e. The zero-order valence-electron chi connectivity index (χ0n) is 5.86. The summed E-state index contributed by atoms with van der Waals surface area (Å²) < 4.78 is 11.0. The van der Waals surface area contributed by atoms with Crippen LogP contribution in [0.15, 0.2) is 39.9 Å². The topological polar surface area (TPSA) is 29.4 Å². The molecule has 0 bridgehead atoms. The Kier molecular flexibility index (Phi) is 1.58. The minimum atomic E-state index is -0.828. The van der Waals surface area contributed by atoms with Gasteiger partial charge in [-0.25, -0.2) is 0 Å². The second-order valence-corrected chi connectivity index (χ2v) is 3.67. The van der Waals surface area contributed by atoms with E-state index in [1.165, 1.54) is 0 Å². The molecule has 3 heteroatoms. The van der Waals surface area contributed by atoms with Crippen molar-refractivity contribution >= 4 is 17.0 Å². The van der Waals surface area contributed by atoms with E-state index in [1.807, 2.05) is 18.2 Å². The largest absolute Gasteiger partial charge is 0.256 e. The Hall–Kier alpha value is -0.960. The Balaban J connectivity index is 2.46. The van der Waals surface area contributed by atoms with E-state index in [4.69, 9.17) is 0 Å². The van der Waals surface area contributed by atoms with Crippen molar-refractivity contribution in [1.29, 1.82) is 0 Å². The molecule has 11 heavy (non-hydrogen) atoms. The van der Waals surface area contributed by atoms with Crippen LogP contribution in [0.25, 0.3) is 0 Å².